The van der Waals surface area contributed by atoms with Gasteiger partial charge in [-0.15, -0.1) is 0 Å². The van der Waals surface area contributed by atoms with Gasteiger partial charge >= 0.3 is 0 Å². The Morgan fingerprint density at radius 2 is 1.54 bits per heavy atom. The lowest BCUT2D eigenvalue weighted by Gasteiger charge is -2.35. The molecule has 3 aromatic rings. The number of benzene rings is 2. The lowest BCUT2D eigenvalue weighted by atomic mass is 10.2. The van der Waals surface area contributed by atoms with Gasteiger partial charge in [0, 0.05) is 51.3 Å². The smallest absolute Gasteiger partial charge is 0.145 e. The lowest BCUT2D eigenvalue weighted by molar-refractivity contribution is 0.244. The molecule has 1 fully saturated rings. The normalized spacial score (nSPS) is 15.4. The van der Waals surface area contributed by atoms with Crippen LogP contribution in [0.3, 0.4) is 0 Å². The Morgan fingerprint density at radius 3 is 2.27 bits per heavy atom. The summed E-state index contributed by atoms with van der Waals surface area (Å²) in [6, 6.07) is 18.9. The largest absolute Gasteiger partial charge is 0.369 e. The van der Waals surface area contributed by atoms with Gasteiger partial charge in [0.25, 0.3) is 0 Å². The summed E-state index contributed by atoms with van der Waals surface area (Å²) in [7, 11) is 4.08. The summed E-state index contributed by atoms with van der Waals surface area (Å²) >= 11 is 0. The highest BCUT2D eigenvalue weighted by Crippen LogP contribution is 2.23. The van der Waals surface area contributed by atoms with E-state index in [1.165, 1.54) is 5.69 Å². The predicted molar refractivity (Wildman–Crippen MR) is 108 cm³/mol. The molecule has 0 radical (unpaired) electrons. The monoisotopic (exact) mass is 347 g/mol. The molecular formula is C21H25N5. The minimum absolute atomic E-state index is 0.800. The number of anilines is 2. The van der Waals surface area contributed by atoms with Crippen molar-refractivity contribution in [3.8, 4) is 0 Å². The first-order chi connectivity index (χ1) is 12.7. The Bertz CT molecular complexity index is 870. The number of hydrogen-bond donors (Lipinski definition) is 0. The van der Waals surface area contributed by atoms with Crippen LogP contribution in [0.4, 0.5) is 11.5 Å². The number of fused-ring (bicyclic) bond motifs is 1. The van der Waals surface area contributed by atoms with Crippen LogP contribution in [0.5, 0.6) is 0 Å². The number of hydrogen-bond acceptors (Lipinski definition) is 5. The third kappa shape index (κ3) is 3.48. The zero-order valence-corrected chi connectivity index (χ0v) is 15.5. The van der Waals surface area contributed by atoms with Crippen LogP contribution in [-0.4, -0.2) is 55.1 Å². The number of aromatic nitrogens is 2. The number of rotatable bonds is 4. The topological polar surface area (TPSA) is 35.5 Å². The van der Waals surface area contributed by atoms with Crippen LogP contribution in [0.1, 0.15) is 5.82 Å². The molecule has 2 heterocycles. The van der Waals surface area contributed by atoms with Crippen molar-refractivity contribution in [1.82, 2.24) is 14.9 Å². The van der Waals surface area contributed by atoms with Crippen molar-refractivity contribution in [2.24, 2.45) is 0 Å². The standard InChI is InChI=1S/C21H25N5/c1-24(2)21-18-10-6-7-11-19(18)22-20(23-21)16-25-12-14-26(15-13-25)17-8-4-3-5-9-17/h3-11H,12-16H2,1-2H3. The second-order valence-corrected chi connectivity index (χ2v) is 6.97. The van der Waals surface area contributed by atoms with E-state index < -0.39 is 0 Å². The van der Waals surface area contributed by atoms with E-state index in [2.05, 4.69) is 57.2 Å². The molecule has 134 valence electrons. The second kappa shape index (κ2) is 7.30. The van der Waals surface area contributed by atoms with Crippen molar-refractivity contribution in [2.75, 3.05) is 50.1 Å². The second-order valence-electron chi connectivity index (χ2n) is 6.97. The first-order valence-corrected chi connectivity index (χ1v) is 9.16. The van der Waals surface area contributed by atoms with Gasteiger partial charge in [-0.3, -0.25) is 4.90 Å². The molecule has 0 saturated carbocycles. The van der Waals surface area contributed by atoms with Crippen LogP contribution in [0.25, 0.3) is 10.9 Å². The fourth-order valence-electron chi connectivity index (χ4n) is 3.52. The van der Waals surface area contributed by atoms with Crippen LogP contribution in [0, 0.1) is 0 Å². The van der Waals surface area contributed by atoms with Crippen molar-refractivity contribution < 1.29 is 0 Å². The van der Waals surface area contributed by atoms with Gasteiger partial charge in [0.2, 0.25) is 0 Å². The summed E-state index contributed by atoms with van der Waals surface area (Å²) in [6.45, 7) is 4.94. The molecule has 0 amide bonds. The maximum absolute atomic E-state index is 4.83. The fourth-order valence-corrected chi connectivity index (χ4v) is 3.52. The third-order valence-corrected chi connectivity index (χ3v) is 4.91. The first-order valence-electron chi connectivity index (χ1n) is 9.16. The van der Waals surface area contributed by atoms with E-state index in [0.717, 1.165) is 55.3 Å². The number of piperazine rings is 1. The summed E-state index contributed by atoms with van der Waals surface area (Å²) in [5.74, 6) is 1.90. The minimum atomic E-state index is 0.800. The molecular weight excluding hydrogens is 322 g/mol. The van der Waals surface area contributed by atoms with E-state index in [-0.39, 0.29) is 0 Å². The van der Waals surface area contributed by atoms with Crippen molar-refractivity contribution in [3.63, 3.8) is 0 Å². The quantitative estimate of drug-likeness (QED) is 0.725. The van der Waals surface area contributed by atoms with E-state index in [1.807, 2.05) is 26.2 Å². The molecule has 1 aromatic heterocycles. The number of para-hydroxylation sites is 2. The Kier molecular flexibility index (Phi) is 4.71. The zero-order chi connectivity index (χ0) is 17.9. The summed E-state index contributed by atoms with van der Waals surface area (Å²) in [4.78, 5) is 16.6. The molecule has 1 aliphatic rings. The van der Waals surface area contributed by atoms with E-state index in [4.69, 9.17) is 9.97 Å². The van der Waals surface area contributed by atoms with Gasteiger partial charge in [-0.05, 0) is 24.3 Å². The Morgan fingerprint density at radius 1 is 0.846 bits per heavy atom. The molecule has 26 heavy (non-hydrogen) atoms. The highest BCUT2D eigenvalue weighted by molar-refractivity contribution is 5.89. The van der Waals surface area contributed by atoms with Crippen LogP contribution < -0.4 is 9.80 Å². The molecule has 0 N–H and O–H groups in total. The molecule has 4 rings (SSSR count). The SMILES string of the molecule is CN(C)c1nc(CN2CCN(c3ccccc3)CC2)nc2ccccc12. The molecule has 0 atom stereocenters. The molecule has 0 spiro atoms. The summed E-state index contributed by atoms with van der Waals surface area (Å²) in [6.07, 6.45) is 0. The molecule has 0 aliphatic carbocycles. The van der Waals surface area contributed by atoms with Gasteiger partial charge in [-0.1, -0.05) is 30.3 Å². The van der Waals surface area contributed by atoms with Crippen molar-refractivity contribution >= 4 is 22.4 Å². The molecule has 2 aromatic carbocycles. The molecule has 5 nitrogen and oxygen atoms in total. The highest BCUT2D eigenvalue weighted by Gasteiger charge is 2.19. The average molecular weight is 347 g/mol. The van der Waals surface area contributed by atoms with Gasteiger partial charge in [-0.25, -0.2) is 9.97 Å². The van der Waals surface area contributed by atoms with Gasteiger partial charge in [-0.2, -0.15) is 0 Å². The van der Waals surface area contributed by atoms with E-state index >= 15 is 0 Å². The van der Waals surface area contributed by atoms with E-state index in [1.54, 1.807) is 0 Å². The lowest BCUT2D eigenvalue weighted by Crippen LogP contribution is -2.46. The Hall–Kier alpha value is -2.66. The van der Waals surface area contributed by atoms with Crippen molar-refractivity contribution in [1.29, 1.82) is 0 Å². The number of nitrogens with zero attached hydrogens (tertiary/aromatic N) is 5. The molecule has 0 unspecified atom stereocenters. The summed E-state index contributed by atoms with van der Waals surface area (Å²) < 4.78 is 0. The molecule has 1 aliphatic heterocycles. The van der Waals surface area contributed by atoms with E-state index in [0.29, 0.717) is 0 Å². The van der Waals surface area contributed by atoms with Gasteiger partial charge in [0.1, 0.15) is 11.6 Å². The minimum Gasteiger partial charge on any atom is -0.369 e. The van der Waals surface area contributed by atoms with Crippen LogP contribution in [-0.2, 0) is 6.54 Å². The van der Waals surface area contributed by atoms with Crippen molar-refractivity contribution in [3.05, 3.63) is 60.4 Å². The summed E-state index contributed by atoms with van der Waals surface area (Å²) in [5, 5.41) is 1.11. The maximum atomic E-state index is 4.83. The van der Waals surface area contributed by atoms with Gasteiger partial charge in [0.05, 0.1) is 12.1 Å². The average Bonchev–Trinajstić information content (AvgIpc) is 2.68. The third-order valence-electron chi connectivity index (χ3n) is 4.91. The Balaban J connectivity index is 1.48. The summed E-state index contributed by atoms with van der Waals surface area (Å²) in [5.41, 5.74) is 2.33. The maximum Gasteiger partial charge on any atom is 0.145 e. The first kappa shape index (κ1) is 16.8. The van der Waals surface area contributed by atoms with Gasteiger partial charge < -0.3 is 9.80 Å². The Labute approximate surface area is 154 Å². The predicted octanol–water partition coefficient (Wildman–Crippen LogP) is 3.02. The van der Waals surface area contributed by atoms with Crippen LogP contribution in [0.2, 0.25) is 0 Å². The molecule has 5 heteroatoms. The van der Waals surface area contributed by atoms with Crippen molar-refractivity contribution in [2.45, 2.75) is 6.54 Å². The van der Waals surface area contributed by atoms with E-state index in [9.17, 15) is 0 Å². The fraction of sp³-hybridized carbons (Fsp3) is 0.333. The molecule has 1 saturated heterocycles. The van der Waals surface area contributed by atoms with Crippen LogP contribution in [0.15, 0.2) is 54.6 Å². The van der Waals surface area contributed by atoms with Crippen LogP contribution >= 0.6 is 0 Å². The highest BCUT2D eigenvalue weighted by atomic mass is 15.3. The van der Waals surface area contributed by atoms with Gasteiger partial charge in [0.15, 0.2) is 0 Å². The molecule has 0 bridgehead atoms. The zero-order valence-electron chi connectivity index (χ0n) is 15.5.